The molecular formula is C16H18O5. The van der Waals surface area contributed by atoms with E-state index in [0.29, 0.717) is 29.1 Å². The highest BCUT2D eigenvalue weighted by Crippen LogP contribution is 2.37. The molecule has 3 atom stereocenters. The second kappa shape index (κ2) is 4.77. The molecule has 5 heteroatoms. The van der Waals surface area contributed by atoms with Gasteiger partial charge in [-0.3, -0.25) is 4.79 Å². The molecule has 0 fully saturated rings. The van der Waals surface area contributed by atoms with Gasteiger partial charge in [-0.1, -0.05) is 13.8 Å². The molecule has 1 aliphatic rings. The number of aromatic hydroxyl groups is 1. The van der Waals surface area contributed by atoms with Crippen molar-refractivity contribution in [1.29, 1.82) is 0 Å². The molecule has 0 saturated carbocycles. The molecule has 3 rings (SSSR count). The number of phenols is 1. The molecular weight excluding hydrogens is 272 g/mol. The average Bonchev–Trinajstić information content (AvgIpc) is 2.43. The van der Waals surface area contributed by atoms with E-state index in [1.165, 1.54) is 13.2 Å². The standard InChI is InChI=1S/C16H18O5/c1-7-4-11-13(8(2)15(7)18)16(19)14-10(17)5-9(20-3)6-12(14)21-11/h5-8,15,17-18H,4H2,1-3H3/t7-,8-,15-/m0/s1. The summed E-state index contributed by atoms with van der Waals surface area (Å²) in [6.45, 7) is 3.74. The van der Waals surface area contributed by atoms with Gasteiger partial charge in [0.05, 0.1) is 13.2 Å². The van der Waals surface area contributed by atoms with Crippen molar-refractivity contribution >= 4 is 11.0 Å². The van der Waals surface area contributed by atoms with Crippen molar-refractivity contribution in [3.8, 4) is 11.5 Å². The molecule has 0 amide bonds. The lowest BCUT2D eigenvalue weighted by Crippen LogP contribution is -2.35. The summed E-state index contributed by atoms with van der Waals surface area (Å²) in [6, 6.07) is 2.98. The highest BCUT2D eigenvalue weighted by molar-refractivity contribution is 5.85. The molecule has 21 heavy (non-hydrogen) atoms. The smallest absolute Gasteiger partial charge is 0.200 e. The Balaban J connectivity index is 2.35. The van der Waals surface area contributed by atoms with Crippen LogP contribution in [0, 0.1) is 5.92 Å². The van der Waals surface area contributed by atoms with Gasteiger partial charge in [0.25, 0.3) is 0 Å². The molecule has 0 bridgehead atoms. The normalized spacial score (nSPS) is 24.9. The van der Waals surface area contributed by atoms with Crippen molar-refractivity contribution in [2.75, 3.05) is 7.11 Å². The van der Waals surface area contributed by atoms with Crippen LogP contribution in [-0.4, -0.2) is 23.4 Å². The highest BCUT2D eigenvalue weighted by atomic mass is 16.5. The summed E-state index contributed by atoms with van der Waals surface area (Å²) in [4.78, 5) is 12.7. The van der Waals surface area contributed by atoms with Crippen LogP contribution in [0.5, 0.6) is 11.5 Å². The first kappa shape index (κ1) is 13.9. The second-order valence-corrected chi connectivity index (χ2v) is 5.75. The molecule has 0 saturated heterocycles. The lowest BCUT2D eigenvalue weighted by Gasteiger charge is -2.31. The number of hydrogen-bond acceptors (Lipinski definition) is 5. The molecule has 1 aromatic carbocycles. The fraction of sp³-hybridized carbons (Fsp3) is 0.438. The molecule has 5 nitrogen and oxygen atoms in total. The highest BCUT2D eigenvalue weighted by Gasteiger charge is 2.35. The Bertz CT molecular complexity index is 761. The molecule has 1 heterocycles. The quantitative estimate of drug-likeness (QED) is 0.841. The zero-order valence-electron chi connectivity index (χ0n) is 12.2. The van der Waals surface area contributed by atoms with Crippen molar-refractivity contribution in [2.45, 2.75) is 32.3 Å². The van der Waals surface area contributed by atoms with E-state index in [1.807, 2.05) is 13.8 Å². The summed E-state index contributed by atoms with van der Waals surface area (Å²) in [5.74, 6) is 0.560. The van der Waals surface area contributed by atoms with Gasteiger partial charge in [0.15, 0.2) is 5.43 Å². The number of phenolic OH excluding ortho intramolecular Hbond substituents is 1. The second-order valence-electron chi connectivity index (χ2n) is 5.75. The van der Waals surface area contributed by atoms with Crippen LogP contribution in [0.4, 0.5) is 0 Å². The van der Waals surface area contributed by atoms with Crippen LogP contribution in [0.15, 0.2) is 21.3 Å². The maximum absolute atomic E-state index is 12.7. The zero-order valence-corrected chi connectivity index (χ0v) is 12.2. The van der Waals surface area contributed by atoms with E-state index >= 15 is 0 Å². The minimum atomic E-state index is -0.585. The number of methoxy groups -OCH3 is 1. The first-order chi connectivity index (χ1) is 9.93. The first-order valence-electron chi connectivity index (χ1n) is 6.98. The molecule has 1 aliphatic carbocycles. The number of aliphatic hydroxyl groups is 1. The summed E-state index contributed by atoms with van der Waals surface area (Å²) in [7, 11) is 1.48. The fourth-order valence-corrected chi connectivity index (χ4v) is 3.14. The van der Waals surface area contributed by atoms with E-state index in [-0.39, 0.29) is 28.4 Å². The third-order valence-corrected chi connectivity index (χ3v) is 4.35. The van der Waals surface area contributed by atoms with Crippen molar-refractivity contribution in [1.82, 2.24) is 0 Å². The Kier molecular flexibility index (Phi) is 3.17. The maximum Gasteiger partial charge on any atom is 0.200 e. The lowest BCUT2D eigenvalue weighted by atomic mass is 9.78. The van der Waals surface area contributed by atoms with E-state index in [2.05, 4.69) is 0 Å². The number of hydrogen-bond donors (Lipinski definition) is 2. The van der Waals surface area contributed by atoms with Crippen molar-refractivity contribution < 1.29 is 19.4 Å². The van der Waals surface area contributed by atoms with Gasteiger partial charge in [-0.05, 0) is 5.92 Å². The Morgan fingerprint density at radius 2 is 2.05 bits per heavy atom. The summed E-state index contributed by atoms with van der Waals surface area (Å²) in [5, 5.41) is 20.4. The van der Waals surface area contributed by atoms with Crippen LogP contribution in [0.2, 0.25) is 0 Å². The molecule has 0 spiro atoms. The van der Waals surface area contributed by atoms with Crippen LogP contribution in [0.1, 0.15) is 31.1 Å². The van der Waals surface area contributed by atoms with Gasteiger partial charge in [0, 0.05) is 30.0 Å². The Morgan fingerprint density at radius 3 is 2.71 bits per heavy atom. The fourth-order valence-electron chi connectivity index (χ4n) is 3.14. The van der Waals surface area contributed by atoms with Crippen LogP contribution in [0.25, 0.3) is 11.0 Å². The Morgan fingerprint density at radius 1 is 1.33 bits per heavy atom. The number of rotatable bonds is 1. The maximum atomic E-state index is 12.7. The minimum absolute atomic E-state index is 0.0207. The molecule has 1 aromatic heterocycles. The van der Waals surface area contributed by atoms with Gasteiger partial charge in [-0.2, -0.15) is 0 Å². The minimum Gasteiger partial charge on any atom is -0.507 e. The van der Waals surface area contributed by atoms with Crippen LogP contribution in [0.3, 0.4) is 0 Å². The third kappa shape index (κ3) is 2.00. The summed E-state index contributed by atoms with van der Waals surface area (Å²) in [5.41, 5.74) is 0.504. The summed E-state index contributed by atoms with van der Waals surface area (Å²) >= 11 is 0. The van der Waals surface area contributed by atoms with Gasteiger partial charge in [0.2, 0.25) is 0 Å². The molecule has 2 N–H and O–H groups in total. The van der Waals surface area contributed by atoms with Gasteiger partial charge in [0.1, 0.15) is 28.2 Å². The Labute approximate surface area is 121 Å². The van der Waals surface area contributed by atoms with E-state index in [9.17, 15) is 15.0 Å². The van der Waals surface area contributed by atoms with Crippen LogP contribution in [-0.2, 0) is 6.42 Å². The van der Waals surface area contributed by atoms with Gasteiger partial charge >= 0.3 is 0 Å². The van der Waals surface area contributed by atoms with Gasteiger partial charge in [-0.15, -0.1) is 0 Å². The average molecular weight is 290 g/mol. The first-order valence-corrected chi connectivity index (χ1v) is 6.98. The van der Waals surface area contributed by atoms with E-state index in [1.54, 1.807) is 6.07 Å². The third-order valence-electron chi connectivity index (χ3n) is 4.35. The lowest BCUT2D eigenvalue weighted by molar-refractivity contribution is 0.0790. The van der Waals surface area contributed by atoms with Crippen molar-refractivity contribution in [2.24, 2.45) is 5.92 Å². The molecule has 2 aromatic rings. The topological polar surface area (TPSA) is 79.9 Å². The zero-order chi connectivity index (χ0) is 15.3. The van der Waals surface area contributed by atoms with Gasteiger partial charge < -0.3 is 19.4 Å². The van der Waals surface area contributed by atoms with E-state index in [4.69, 9.17) is 9.15 Å². The summed E-state index contributed by atoms with van der Waals surface area (Å²) < 4.78 is 10.9. The van der Waals surface area contributed by atoms with Crippen LogP contribution >= 0.6 is 0 Å². The van der Waals surface area contributed by atoms with Gasteiger partial charge in [-0.25, -0.2) is 0 Å². The Hall–Kier alpha value is -2.01. The number of fused-ring (bicyclic) bond motifs is 2. The largest absolute Gasteiger partial charge is 0.507 e. The van der Waals surface area contributed by atoms with Crippen molar-refractivity contribution in [3.05, 3.63) is 33.7 Å². The SMILES string of the molecule is COc1cc(O)c2c(=O)c3c(oc2c1)C[C@H](C)[C@H](O)[C@H]3C. The number of aliphatic hydroxyl groups excluding tert-OH is 1. The summed E-state index contributed by atoms with van der Waals surface area (Å²) in [6.07, 6.45) is -0.0810. The van der Waals surface area contributed by atoms with Crippen molar-refractivity contribution in [3.63, 3.8) is 0 Å². The number of ether oxygens (including phenoxy) is 1. The molecule has 0 unspecified atom stereocenters. The van der Waals surface area contributed by atoms with E-state index in [0.717, 1.165) is 0 Å². The predicted molar refractivity (Wildman–Crippen MR) is 78.0 cm³/mol. The number of benzene rings is 1. The van der Waals surface area contributed by atoms with Crippen LogP contribution < -0.4 is 10.2 Å². The monoisotopic (exact) mass is 290 g/mol. The van der Waals surface area contributed by atoms with E-state index < -0.39 is 6.10 Å². The molecule has 112 valence electrons. The molecule has 0 aliphatic heterocycles. The molecule has 0 radical (unpaired) electrons. The predicted octanol–water partition coefficient (Wildman–Crippen LogP) is 2.16.